The van der Waals surface area contributed by atoms with Gasteiger partial charge in [0.15, 0.2) is 0 Å². The summed E-state index contributed by atoms with van der Waals surface area (Å²) in [6, 6.07) is 6.59. The van der Waals surface area contributed by atoms with Crippen molar-refractivity contribution in [2.75, 3.05) is 38.1 Å². The molecule has 150 valence electrons. The van der Waals surface area contributed by atoms with Gasteiger partial charge in [-0.05, 0) is 75.5 Å². The van der Waals surface area contributed by atoms with Gasteiger partial charge >= 0.3 is 12.0 Å². The highest BCUT2D eigenvalue weighted by Gasteiger charge is 2.19. The summed E-state index contributed by atoms with van der Waals surface area (Å²) < 4.78 is 5.18. The smallest absolute Gasteiger partial charge is 0.338 e. The second kappa shape index (κ2) is 11.6. The molecule has 1 aromatic carbocycles. The van der Waals surface area contributed by atoms with Crippen molar-refractivity contribution < 1.29 is 14.3 Å². The average molecular weight is 376 g/mol. The molecule has 1 aromatic rings. The van der Waals surface area contributed by atoms with Crippen LogP contribution in [0.25, 0.3) is 0 Å². The molecule has 1 aliphatic heterocycles. The maximum Gasteiger partial charge on any atom is 0.338 e. The van der Waals surface area contributed by atoms with Gasteiger partial charge in [0, 0.05) is 12.2 Å². The molecular weight excluding hydrogens is 342 g/mol. The number of unbranched alkanes of at least 4 members (excludes halogenated alkanes) is 1. The number of hydrogen-bond donors (Lipinski definition) is 2. The van der Waals surface area contributed by atoms with Crippen LogP contribution in [-0.4, -0.2) is 49.7 Å². The van der Waals surface area contributed by atoms with Crippen LogP contribution in [0.5, 0.6) is 0 Å². The molecule has 2 N–H and O–H groups in total. The lowest BCUT2D eigenvalue weighted by atomic mass is 9.97. The number of urea groups is 1. The van der Waals surface area contributed by atoms with Gasteiger partial charge in [0.2, 0.25) is 0 Å². The largest absolute Gasteiger partial charge is 0.462 e. The van der Waals surface area contributed by atoms with Crippen LogP contribution >= 0.6 is 0 Å². The number of carbonyl (C=O) groups is 2. The number of nitrogens with one attached hydrogen (secondary N) is 2. The number of rotatable bonds is 9. The number of anilines is 1. The second-order valence-corrected chi connectivity index (χ2v) is 7.19. The molecule has 2 rings (SSSR count). The van der Waals surface area contributed by atoms with E-state index in [9.17, 15) is 9.59 Å². The first-order valence-corrected chi connectivity index (χ1v) is 10.2. The Hall–Kier alpha value is -2.08. The van der Waals surface area contributed by atoms with E-state index in [1.165, 1.54) is 13.0 Å². The molecule has 6 nitrogen and oxygen atoms in total. The molecule has 0 aromatic heterocycles. The maximum absolute atomic E-state index is 12.1. The first kappa shape index (κ1) is 21.2. The van der Waals surface area contributed by atoms with E-state index in [0.29, 0.717) is 30.3 Å². The molecule has 1 aliphatic rings. The number of nitrogens with zero attached hydrogens (tertiary/aromatic N) is 1. The van der Waals surface area contributed by atoms with Crippen molar-refractivity contribution in [1.29, 1.82) is 0 Å². The average Bonchev–Trinajstić information content (AvgIpc) is 2.68. The van der Waals surface area contributed by atoms with Crippen molar-refractivity contribution in [3.8, 4) is 0 Å². The molecular formula is C21H33N3O3. The molecule has 0 radical (unpaired) electrons. The van der Waals surface area contributed by atoms with Gasteiger partial charge in [0.1, 0.15) is 0 Å². The third-order valence-electron chi connectivity index (χ3n) is 4.91. The van der Waals surface area contributed by atoms with Crippen LogP contribution in [0.3, 0.4) is 0 Å². The van der Waals surface area contributed by atoms with Crippen molar-refractivity contribution in [3.63, 3.8) is 0 Å². The third-order valence-corrected chi connectivity index (χ3v) is 4.91. The SMILES string of the molecule is CCCCOC(=O)c1ccc(NC(=O)NCC2CCN(CCC)CC2)cc1. The predicted octanol–water partition coefficient (Wildman–Crippen LogP) is 3.89. The summed E-state index contributed by atoms with van der Waals surface area (Å²) in [6.45, 7) is 8.81. The van der Waals surface area contributed by atoms with E-state index < -0.39 is 0 Å². The number of esters is 1. The first-order chi connectivity index (χ1) is 13.1. The molecule has 0 unspecified atom stereocenters. The van der Waals surface area contributed by atoms with E-state index in [4.69, 9.17) is 4.74 Å². The van der Waals surface area contributed by atoms with Crippen LogP contribution in [-0.2, 0) is 4.74 Å². The van der Waals surface area contributed by atoms with Gasteiger partial charge in [-0.15, -0.1) is 0 Å². The summed E-state index contributed by atoms with van der Waals surface area (Å²) >= 11 is 0. The predicted molar refractivity (Wildman–Crippen MR) is 108 cm³/mol. The van der Waals surface area contributed by atoms with Crippen molar-refractivity contribution in [2.45, 2.75) is 46.0 Å². The zero-order valence-corrected chi connectivity index (χ0v) is 16.6. The summed E-state index contributed by atoms with van der Waals surface area (Å²) in [5.41, 5.74) is 1.16. The lowest BCUT2D eigenvalue weighted by Crippen LogP contribution is -2.40. The number of piperidine rings is 1. The molecule has 0 aliphatic carbocycles. The number of amides is 2. The number of likely N-dealkylation sites (tertiary alicyclic amines) is 1. The Morgan fingerprint density at radius 2 is 1.81 bits per heavy atom. The fraction of sp³-hybridized carbons (Fsp3) is 0.619. The molecule has 6 heteroatoms. The molecule has 0 atom stereocenters. The fourth-order valence-corrected chi connectivity index (χ4v) is 3.22. The van der Waals surface area contributed by atoms with Crippen LogP contribution < -0.4 is 10.6 Å². The van der Waals surface area contributed by atoms with Crippen LogP contribution in [0.15, 0.2) is 24.3 Å². The Morgan fingerprint density at radius 1 is 1.11 bits per heavy atom. The highest BCUT2D eigenvalue weighted by molar-refractivity contribution is 5.92. The normalized spacial score (nSPS) is 15.3. The van der Waals surface area contributed by atoms with Gasteiger partial charge in [-0.1, -0.05) is 20.3 Å². The summed E-state index contributed by atoms with van der Waals surface area (Å²) in [4.78, 5) is 26.5. The van der Waals surface area contributed by atoms with Crippen LogP contribution in [0.2, 0.25) is 0 Å². The minimum absolute atomic E-state index is 0.204. The number of hydrogen-bond acceptors (Lipinski definition) is 4. The Morgan fingerprint density at radius 3 is 2.44 bits per heavy atom. The molecule has 0 bridgehead atoms. The first-order valence-electron chi connectivity index (χ1n) is 10.2. The van der Waals surface area contributed by atoms with Gasteiger partial charge in [-0.2, -0.15) is 0 Å². The van der Waals surface area contributed by atoms with E-state index >= 15 is 0 Å². The number of carbonyl (C=O) groups excluding carboxylic acids is 2. The maximum atomic E-state index is 12.1. The number of ether oxygens (including phenoxy) is 1. The van der Waals surface area contributed by atoms with E-state index in [1.807, 2.05) is 0 Å². The minimum Gasteiger partial charge on any atom is -0.462 e. The summed E-state index contributed by atoms with van der Waals surface area (Å²) in [7, 11) is 0. The van der Waals surface area contributed by atoms with E-state index in [0.717, 1.165) is 38.8 Å². The quantitative estimate of drug-likeness (QED) is 0.507. The fourth-order valence-electron chi connectivity index (χ4n) is 3.22. The topological polar surface area (TPSA) is 70.7 Å². The minimum atomic E-state index is -0.325. The van der Waals surface area contributed by atoms with Crippen molar-refractivity contribution >= 4 is 17.7 Å². The Labute approximate surface area is 162 Å². The summed E-state index contributed by atoms with van der Waals surface area (Å²) in [5, 5.41) is 5.78. The van der Waals surface area contributed by atoms with Crippen LogP contribution in [0.1, 0.15) is 56.3 Å². The van der Waals surface area contributed by atoms with Gasteiger partial charge in [-0.3, -0.25) is 0 Å². The highest BCUT2D eigenvalue weighted by atomic mass is 16.5. The van der Waals surface area contributed by atoms with Gasteiger partial charge in [0.25, 0.3) is 0 Å². The molecule has 27 heavy (non-hydrogen) atoms. The van der Waals surface area contributed by atoms with Crippen molar-refractivity contribution in [3.05, 3.63) is 29.8 Å². The number of benzene rings is 1. The molecule has 2 amide bonds. The lowest BCUT2D eigenvalue weighted by Gasteiger charge is -2.31. The summed E-state index contributed by atoms with van der Waals surface area (Å²) in [5.74, 6) is 0.220. The Bertz CT molecular complexity index is 581. The molecule has 1 saturated heterocycles. The lowest BCUT2D eigenvalue weighted by molar-refractivity contribution is 0.0500. The standard InChI is InChI=1S/C21H33N3O3/c1-3-5-15-27-20(25)18-6-8-19(9-7-18)23-21(26)22-16-17-10-13-24(12-4-2)14-11-17/h6-9,17H,3-5,10-16H2,1-2H3,(H2,22,23,26). The van der Waals surface area contributed by atoms with Crippen molar-refractivity contribution in [1.82, 2.24) is 10.2 Å². The second-order valence-electron chi connectivity index (χ2n) is 7.19. The van der Waals surface area contributed by atoms with Gasteiger partial charge in [-0.25, -0.2) is 9.59 Å². The third kappa shape index (κ3) is 7.59. The van der Waals surface area contributed by atoms with Crippen LogP contribution in [0, 0.1) is 5.92 Å². The Kier molecular flexibility index (Phi) is 9.11. The molecule has 0 saturated carbocycles. The van der Waals surface area contributed by atoms with Gasteiger partial charge in [0.05, 0.1) is 12.2 Å². The monoisotopic (exact) mass is 375 g/mol. The zero-order valence-electron chi connectivity index (χ0n) is 16.6. The van der Waals surface area contributed by atoms with E-state index in [2.05, 4.69) is 29.4 Å². The molecule has 1 heterocycles. The zero-order chi connectivity index (χ0) is 19.5. The summed E-state index contributed by atoms with van der Waals surface area (Å²) in [6.07, 6.45) is 5.32. The molecule has 1 fully saturated rings. The van der Waals surface area contributed by atoms with Gasteiger partial charge < -0.3 is 20.3 Å². The van der Waals surface area contributed by atoms with Crippen molar-refractivity contribution in [2.24, 2.45) is 5.92 Å². The van der Waals surface area contributed by atoms with E-state index in [1.54, 1.807) is 24.3 Å². The molecule has 0 spiro atoms. The van der Waals surface area contributed by atoms with E-state index in [-0.39, 0.29) is 12.0 Å². The Balaban J connectivity index is 1.69. The highest BCUT2D eigenvalue weighted by Crippen LogP contribution is 2.16. The van der Waals surface area contributed by atoms with Crippen LogP contribution in [0.4, 0.5) is 10.5 Å².